The standard InChI is InChI=1S/C22H20N4O5S2/c1-14-6-7-18(12-15(14)2)25-33(30,31)20-10-8-17(9-11-20)23-22(32)24-21(27)16-4-3-5-19(13-16)26(28)29/h3-13,25H,1-2H3,(H2,23,24,27,32). The van der Waals surface area contributed by atoms with Crippen LogP contribution in [0.2, 0.25) is 0 Å². The van der Waals surface area contributed by atoms with Crippen molar-refractivity contribution in [2.24, 2.45) is 0 Å². The topological polar surface area (TPSA) is 130 Å². The summed E-state index contributed by atoms with van der Waals surface area (Å²) in [5.74, 6) is -0.618. The zero-order valence-electron chi connectivity index (χ0n) is 17.7. The van der Waals surface area contributed by atoms with Crippen molar-refractivity contribution >= 4 is 50.3 Å². The van der Waals surface area contributed by atoms with Gasteiger partial charge >= 0.3 is 0 Å². The van der Waals surface area contributed by atoms with Crippen LogP contribution >= 0.6 is 12.2 Å². The number of nitrogens with one attached hydrogen (secondary N) is 3. The van der Waals surface area contributed by atoms with E-state index >= 15 is 0 Å². The molecule has 0 saturated heterocycles. The first-order valence-corrected chi connectivity index (χ1v) is 11.5. The minimum absolute atomic E-state index is 0.0460. The molecule has 0 aliphatic rings. The van der Waals surface area contributed by atoms with Crippen molar-refractivity contribution in [2.45, 2.75) is 18.7 Å². The van der Waals surface area contributed by atoms with Gasteiger partial charge in [-0.3, -0.25) is 24.9 Å². The van der Waals surface area contributed by atoms with Crippen molar-refractivity contribution in [1.82, 2.24) is 5.32 Å². The van der Waals surface area contributed by atoms with Gasteiger partial charge in [-0.1, -0.05) is 12.1 Å². The van der Waals surface area contributed by atoms with Gasteiger partial charge in [-0.25, -0.2) is 8.42 Å². The number of thiocarbonyl (C=S) groups is 1. The second kappa shape index (κ2) is 9.76. The molecule has 170 valence electrons. The van der Waals surface area contributed by atoms with Crippen molar-refractivity contribution in [1.29, 1.82) is 0 Å². The molecule has 0 heterocycles. The smallest absolute Gasteiger partial charge is 0.270 e. The molecule has 0 spiro atoms. The number of carbonyl (C=O) groups is 1. The summed E-state index contributed by atoms with van der Waals surface area (Å²) in [4.78, 5) is 22.6. The van der Waals surface area contributed by atoms with Crippen LogP contribution in [0.4, 0.5) is 17.1 Å². The molecular formula is C22H20N4O5S2. The van der Waals surface area contributed by atoms with Crippen LogP contribution in [0.1, 0.15) is 21.5 Å². The maximum absolute atomic E-state index is 12.6. The number of nitro benzene ring substituents is 1. The Morgan fingerprint density at radius 3 is 2.24 bits per heavy atom. The maximum atomic E-state index is 12.6. The number of rotatable bonds is 6. The number of carbonyl (C=O) groups excluding carboxylic acids is 1. The minimum Gasteiger partial charge on any atom is -0.332 e. The van der Waals surface area contributed by atoms with E-state index in [4.69, 9.17) is 12.2 Å². The summed E-state index contributed by atoms with van der Waals surface area (Å²) in [7, 11) is -3.79. The second-order valence-electron chi connectivity index (χ2n) is 7.14. The lowest BCUT2D eigenvalue weighted by molar-refractivity contribution is -0.384. The number of sulfonamides is 1. The maximum Gasteiger partial charge on any atom is 0.270 e. The first-order chi connectivity index (χ1) is 15.5. The number of hydrogen-bond acceptors (Lipinski definition) is 6. The van der Waals surface area contributed by atoms with Gasteiger partial charge in [-0.05, 0) is 79.7 Å². The molecule has 0 aromatic heterocycles. The summed E-state index contributed by atoms with van der Waals surface area (Å²) < 4.78 is 27.8. The molecule has 3 N–H and O–H groups in total. The Morgan fingerprint density at radius 2 is 1.61 bits per heavy atom. The van der Waals surface area contributed by atoms with Crippen LogP contribution in [-0.2, 0) is 10.0 Å². The van der Waals surface area contributed by atoms with Gasteiger partial charge in [0.15, 0.2) is 5.11 Å². The van der Waals surface area contributed by atoms with E-state index in [9.17, 15) is 23.3 Å². The molecule has 0 atom stereocenters. The average Bonchev–Trinajstić information content (AvgIpc) is 2.76. The van der Waals surface area contributed by atoms with Crippen LogP contribution in [0, 0.1) is 24.0 Å². The third-order valence-corrected chi connectivity index (χ3v) is 6.33. The van der Waals surface area contributed by atoms with Gasteiger partial charge in [-0.15, -0.1) is 0 Å². The van der Waals surface area contributed by atoms with Crippen molar-refractivity contribution < 1.29 is 18.1 Å². The fourth-order valence-electron chi connectivity index (χ4n) is 2.83. The van der Waals surface area contributed by atoms with E-state index in [0.29, 0.717) is 11.4 Å². The Hall–Kier alpha value is -3.83. The summed E-state index contributed by atoms with van der Waals surface area (Å²) >= 11 is 5.10. The molecule has 3 aromatic carbocycles. The van der Waals surface area contributed by atoms with Gasteiger partial charge < -0.3 is 5.32 Å². The van der Waals surface area contributed by atoms with Crippen molar-refractivity contribution in [3.05, 3.63) is 93.5 Å². The number of anilines is 2. The number of nitro groups is 1. The molecule has 0 bridgehead atoms. The molecule has 0 radical (unpaired) electrons. The Labute approximate surface area is 196 Å². The van der Waals surface area contributed by atoms with Gasteiger partial charge in [0.25, 0.3) is 21.6 Å². The fourth-order valence-corrected chi connectivity index (χ4v) is 4.09. The number of aryl methyl sites for hydroxylation is 2. The number of nitrogens with zero attached hydrogens (tertiary/aromatic N) is 1. The zero-order chi connectivity index (χ0) is 24.2. The van der Waals surface area contributed by atoms with Crippen molar-refractivity contribution in [2.75, 3.05) is 10.0 Å². The normalized spacial score (nSPS) is 10.8. The van der Waals surface area contributed by atoms with Crippen molar-refractivity contribution in [3.8, 4) is 0 Å². The highest BCUT2D eigenvalue weighted by molar-refractivity contribution is 7.92. The van der Waals surface area contributed by atoms with E-state index in [-0.39, 0.29) is 21.3 Å². The van der Waals surface area contributed by atoms with E-state index in [2.05, 4.69) is 15.4 Å². The summed E-state index contributed by atoms with van der Waals surface area (Å²) in [6.07, 6.45) is 0. The van der Waals surface area contributed by atoms with Gasteiger partial charge in [0.2, 0.25) is 0 Å². The van der Waals surface area contributed by atoms with Crippen LogP contribution in [0.15, 0.2) is 71.6 Å². The summed E-state index contributed by atoms with van der Waals surface area (Å²) in [5, 5.41) is 16.0. The molecule has 33 heavy (non-hydrogen) atoms. The van der Waals surface area contributed by atoms with Crippen LogP contribution in [0.5, 0.6) is 0 Å². The first-order valence-electron chi connectivity index (χ1n) is 9.62. The Balaban J connectivity index is 1.64. The lowest BCUT2D eigenvalue weighted by atomic mass is 10.1. The predicted octanol–water partition coefficient (Wildman–Crippen LogP) is 4.14. The Bertz CT molecular complexity index is 1340. The Morgan fingerprint density at radius 1 is 0.939 bits per heavy atom. The third-order valence-electron chi connectivity index (χ3n) is 4.73. The van der Waals surface area contributed by atoms with Crippen LogP contribution < -0.4 is 15.4 Å². The largest absolute Gasteiger partial charge is 0.332 e. The van der Waals surface area contributed by atoms with Gasteiger partial charge in [-0.2, -0.15) is 0 Å². The number of hydrogen-bond donors (Lipinski definition) is 3. The highest BCUT2D eigenvalue weighted by atomic mass is 32.2. The van der Waals surface area contributed by atoms with Gasteiger partial charge in [0, 0.05) is 29.1 Å². The van der Waals surface area contributed by atoms with E-state index in [1.165, 1.54) is 42.5 Å². The molecule has 0 fully saturated rings. The fraction of sp³-hybridized carbons (Fsp3) is 0.0909. The number of amides is 1. The van der Waals surface area contributed by atoms with Gasteiger partial charge in [0.1, 0.15) is 0 Å². The van der Waals surface area contributed by atoms with Crippen LogP contribution in [0.25, 0.3) is 0 Å². The lowest BCUT2D eigenvalue weighted by Crippen LogP contribution is -2.34. The van der Waals surface area contributed by atoms with Gasteiger partial charge in [0.05, 0.1) is 9.82 Å². The van der Waals surface area contributed by atoms with Crippen molar-refractivity contribution in [3.63, 3.8) is 0 Å². The minimum atomic E-state index is -3.79. The average molecular weight is 485 g/mol. The van der Waals surface area contributed by atoms with E-state index in [0.717, 1.165) is 17.2 Å². The summed E-state index contributed by atoms with van der Waals surface area (Å²) in [6, 6.07) is 16.3. The molecule has 3 aromatic rings. The zero-order valence-corrected chi connectivity index (χ0v) is 19.3. The molecule has 0 aliphatic carbocycles. The molecule has 0 unspecified atom stereocenters. The van der Waals surface area contributed by atoms with E-state index < -0.39 is 20.9 Å². The molecule has 0 aliphatic heterocycles. The molecular weight excluding hydrogens is 464 g/mol. The highest BCUT2D eigenvalue weighted by Gasteiger charge is 2.16. The SMILES string of the molecule is Cc1ccc(NS(=O)(=O)c2ccc(NC(=S)NC(=O)c3cccc([N+](=O)[O-])c3)cc2)cc1C. The number of benzene rings is 3. The summed E-state index contributed by atoms with van der Waals surface area (Å²) in [5.41, 5.74) is 2.80. The molecule has 1 amide bonds. The summed E-state index contributed by atoms with van der Waals surface area (Å²) in [6.45, 7) is 3.84. The molecule has 9 nitrogen and oxygen atoms in total. The molecule has 0 saturated carbocycles. The highest BCUT2D eigenvalue weighted by Crippen LogP contribution is 2.20. The van der Waals surface area contributed by atoms with E-state index in [1.807, 2.05) is 19.9 Å². The predicted molar refractivity (Wildman–Crippen MR) is 130 cm³/mol. The van der Waals surface area contributed by atoms with Crippen LogP contribution in [0.3, 0.4) is 0 Å². The lowest BCUT2D eigenvalue weighted by Gasteiger charge is -2.12. The second-order valence-corrected chi connectivity index (χ2v) is 9.24. The number of non-ortho nitro benzene ring substituents is 1. The monoisotopic (exact) mass is 484 g/mol. The molecule has 11 heteroatoms. The molecule has 3 rings (SSSR count). The quantitative estimate of drug-likeness (QED) is 0.272. The first kappa shape index (κ1) is 23.8. The Kier molecular flexibility index (Phi) is 7.04. The van der Waals surface area contributed by atoms with Crippen LogP contribution in [-0.4, -0.2) is 24.4 Å². The van der Waals surface area contributed by atoms with E-state index in [1.54, 1.807) is 12.1 Å². The third kappa shape index (κ3) is 6.11.